The molecule has 26 heavy (non-hydrogen) atoms. The van der Waals surface area contributed by atoms with Gasteiger partial charge in [0.25, 0.3) is 5.91 Å². The van der Waals surface area contributed by atoms with Crippen LogP contribution in [0, 0.1) is 0 Å². The largest absolute Gasteiger partial charge is 0.497 e. The number of benzene rings is 1. The lowest BCUT2D eigenvalue weighted by molar-refractivity contribution is -0.142. The number of hydrogen-bond acceptors (Lipinski definition) is 7. The third-order valence-corrected chi connectivity index (χ3v) is 3.43. The van der Waals surface area contributed by atoms with Gasteiger partial charge in [-0.3, -0.25) is 14.4 Å². The Morgan fingerprint density at radius 3 is 2.58 bits per heavy atom. The Morgan fingerprint density at radius 1 is 1.12 bits per heavy atom. The summed E-state index contributed by atoms with van der Waals surface area (Å²) in [7, 11) is 2.92. The Balaban J connectivity index is 1.80. The molecule has 8 nitrogen and oxygen atoms in total. The van der Waals surface area contributed by atoms with E-state index in [0.29, 0.717) is 11.5 Å². The monoisotopic (exact) mass is 361 g/mol. The number of carbonyl (C=O) groups excluding carboxylic acids is 3. The average molecular weight is 361 g/mol. The van der Waals surface area contributed by atoms with Crippen LogP contribution in [0.3, 0.4) is 0 Å². The summed E-state index contributed by atoms with van der Waals surface area (Å²) >= 11 is 0. The minimum absolute atomic E-state index is 0.0645. The van der Waals surface area contributed by atoms with Crippen LogP contribution in [0.4, 0.5) is 0 Å². The summed E-state index contributed by atoms with van der Waals surface area (Å²) in [4.78, 5) is 35.6. The molecular formula is C18H19NO7. The molecule has 1 aromatic heterocycles. The molecule has 0 saturated heterocycles. The van der Waals surface area contributed by atoms with Gasteiger partial charge in [-0.25, -0.2) is 0 Å². The first kappa shape index (κ1) is 19.0. The van der Waals surface area contributed by atoms with Crippen LogP contribution in [-0.2, 0) is 9.53 Å². The minimum atomic E-state index is -0.611. The normalized spacial score (nSPS) is 10.1. The van der Waals surface area contributed by atoms with Gasteiger partial charge in [0.15, 0.2) is 12.4 Å². The van der Waals surface area contributed by atoms with E-state index < -0.39 is 24.3 Å². The highest BCUT2D eigenvalue weighted by molar-refractivity contribution is 6.00. The number of nitrogens with one attached hydrogen (secondary N) is 1. The van der Waals surface area contributed by atoms with Crippen molar-refractivity contribution in [2.45, 2.75) is 6.42 Å². The highest BCUT2D eigenvalue weighted by Crippen LogP contribution is 2.24. The molecule has 2 rings (SSSR count). The molecule has 1 N–H and O–H groups in total. The zero-order chi connectivity index (χ0) is 18.9. The van der Waals surface area contributed by atoms with Gasteiger partial charge in [-0.1, -0.05) is 0 Å². The summed E-state index contributed by atoms with van der Waals surface area (Å²) < 4.78 is 20.1. The molecule has 0 fully saturated rings. The van der Waals surface area contributed by atoms with Gasteiger partial charge in [0.2, 0.25) is 5.78 Å². The number of Topliss-reactive ketones (excluding diaryl/α,β-unsaturated/α-hetero) is 1. The maximum Gasteiger partial charge on any atom is 0.308 e. The minimum Gasteiger partial charge on any atom is -0.497 e. The zero-order valence-corrected chi connectivity index (χ0v) is 14.4. The summed E-state index contributed by atoms with van der Waals surface area (Å²) in [5.74, 6) is -0.467. The Hall–Kier alpha value is -3.29. The second kappa shape index (κ2) is 9.26. The van der Waals surface area contributed by atoms with Gasteiger partial charge >= 0.3 is 5.97 Å². The predicted octanol–water partition coefficient (Wildman–Crippen LogP) is 1.84. The molecule has 0 unspecified atom stereocenters. The Labute approximate surface area is 150 Å². The molecular weight excluding hydrogens is 342 g/mol. The van der Waals surface area contributed by atoms with Crippen molar-refractivity contribution in [3.8, 4) is 11.5 Å². The van der Waals surface area contributed by atoms with Crippen molar-refractivity contribution in [2.24, 2.45) is 0 Å². The van der Waals surface area contributed by atoms with E-state index >= 15 is 0 Å². The summed E-state index contributed by atoms with van der Waals surface area (Å²) in [6.45, 7) is -0.371. The third kappa shape index (κ3) is 5.10. The molecule has 0 aliphatic heterocycles. The molecule has 8 heteroatoms. The fraction of sp³-hybridized carbons (Fsp3) is 0.278. The summed E-state index contributed by atoms with van der Waals surface area (Å²) in [6.07, 6.45) is 1.30. The second-order valence-electron chi connectivity index (χ2n) is 5.13. The average Bonchev–Trinajstić information content (AvgIpc) is 3.20. The first-order chi connectivity index (χ1) is 12.5. The molecule has 138 valence electrons. The van der Waals surface area contributed by atoms with Crippen molar-refractivity contribution in [1.82, 2.24) is 5.32 Å². The molecule has 0 saturated carbocycles. The number of methoxy groups -OCH3 is 2. The van der Waals surface area contributed by atoms with Crippen LogP contribution in [-0.4, -0.2) is 45.0 Å². The Bertz CT molecular complexity index is 768. The third-order valence-electron chi connectivity index (χ3n) is 3.43. The number of hydrogen-bond donors (Lipinski definition) is 1. The Kier molecular flexibility index (Phi) is 6.78. The van der Waals surface area contributed by atoms with E-state index in [0.717, 1.165) is 0 Å². The number of carbonyl (C=O) groups is 3. The molecule has 0 bridgehead atoms. The maximum absolute atomic E-state index is 12.2. The summed E-state index contributed by atoms with van der Waals surface area (Å²) in [5.41, 5.74) is 0.255. The number of ether oxygens (including phenoxy) is 3. The van der Waals surface area contributed by atoms with Crippen LogP contribution in [0.25, 0.3) is 0 Å². The summed E-state index contributed by atoms with van der Waals surface area (Å²) in [5, 5.41) is 2.51. The lowest BCUT2D eigenvalue weighted by Crippen LogP contribution is -2.26. The van der Waals surface area contributed by atoms with Gasteiger partial charge in [0, 0.05) is 6.54 Å². The number of ketones is 1. The lowest BCUT2D eigenvalue weighted by Gasteiger charge is -2.10. The molecule has 0 aliphatic carbocycles. The zero-order valence-electron chi connectivity index (χ0n) is 14.4. The van der Waals surface area contributed by atoms with Crippen molar-refractivity contribution in [1.29, 1.82) is 0 Å². The highest BCUT2D eigenvalue weighted by Gasteiger charge is 2.16. The molecule has 1 aromatic carbocycles. The molecule has 1 amide bonds. The van der Waals surface area contributed by atoms with E-state index in [1.165, 1.54) is 32.6 Å². The van der Waals surface area contributed by atoms with Gasteiger partial charge in [0.1, 0.15) is 11.5 Å². The number of furan rings is 1. The lowest BCUT2D eigenvalue weighted by atomic mass is 10.1. The van der Waals surface area contributed by atoms with E-state index in [2.05, 4.69) is 5.32 Å². The molecule has 0 spiro atoms. The number of rotatable bonds is 9. The smallest absolute Gasteiger partial charge is 0.308 e. The number of amides is 1. The first-order valence-electron chi connectivity index (χ1n) is 7.77. The van der Waals surface area contributed by atoms with E-state index in [4.69, 9.17) is 18.6 Å². The molecule has 1 heterocycles. The van der Waals surface area contributed by atoms with E-state index in [1.54, 1.807) is 18.2 Å². The molecule has 0 radical (unpaired) electrons. The summed E-state index contributed by atoms with van der Waals surface area (Å²) in [6, 6.07) is 7.86. The van der Waals surface area contributed by atoms with Crippen molar-refractivity contribution >= 4 is 17.7 Å². The van der Waals surface area contributed by atoms with E-state index in [9.17, 15) is 14.4 Å². The van der Waals surface area contributed by atoms with Gasteiger partial charge < -0.3 is 23.9 Å². The van der Waals surface area contributed by atoms with Crippen molar-refractivity contribution in [3.05, 3.63) is 47.9 Å². The van der Waals surface area contributed by atoms with Gasteiger partial charge in [-0.2, -0.15) is 0 Å². The van der Waals surface area contributed by atoms with Gasteiger partial charge in [-0.05, 0) is 30.3 Å². The van der Waals surface area contributed by atoms with Crippen molar-refractivity contribution in [2.75, 3.05) is 27.4 Å². The van der Waals surface area contributed by atoms with Crippen LogP contribution in [0.2, 0.25) is 0 Å². The number of esters is 1. The van der Waals surface area contributed by atoms with Crippen molar-refractivity contribution in [3.63, 3.8) is 0 Å². The van der Waals surface area contributed by atoms with Crippen LogP contribution in [0.15, 0.2) is 41.0 Å². The molecule has 2 aromatic rings. The van der Waals surface area contributed by atoms with Gasteiger partial charge in [-0.15, -0.1) is 0 Å². The quantitative estimate of drug-likeness (QED) is 0.537. The maximum atomic E-state index is 12.2. The highest BCUT2D eigenvalue weighted by atomic mass is 16.5. The first-order valence-corrected chi connectivity index (χ1v) is 7.77. The predicted molar refractivity (Wildman–Crippen MR) is 90.5 cm³/mol. The Morgan fingerprint density at radius 2 is 1.92 bits per heavy atom. The van der Waals surface area contributed by atoms with Crippen LogP contribution in [0.5, 0.6) is 11.5 Å². The molecule has 0 aliphatic rings. The van der Waals surface area contributed by atoms with Crippen molar-refractivity contribution < 1.29 is 33.0 Å². The van der Waals surface area contributed by atoms with E-state index in [-0.39, 0.29) is 24.3 Å². The second-order valence-corrected chi connectivity index (χ2v) is 5.13. The fourth-order valence-corrected chi connectivity index (χ4v) is 2.10. The van der Waals surface area contributed by atoms with Gasteiger partial charge in [0.05, 0.1) is 32.5 Å². The van der Waals surface area contributed by atoms with E-state index in [1.807, 2.05) is 0 Å². The fourth-order valence-electron chi connectivity index (χ4n) is 2.10. The van der Waals surface area contributed by atoms with Crippen LogP contribution < -0.4 is 14.8 Å². The topological polar surface area (TPSA) is 104 Å². The SMILES string of the molecule is COc1ccc(OC)c(C(=O)COC(=O)CCNC(=O)c2ccco2)c1. The standard InChI is InChI=1S/C18H19NO7/c1-23-12-5-6-15(24-2)13(10-12)14(20)11-26-17(21)7-8-19-18(22)16-4-3-9-25-16/h3-6,9-10H,7-8,11H2,1-2H3,(H,19,22). The van der Waals surface area contributed by atoms with Crippen LogP contribution in [0.1, 0.15) is 27.3 Å². The molecule has 0 atom stereocenters. The van der Waals surface area contributed by atoms with Crippen LogP contribution >= 0.6 is 0 Å².